The Labute approximate surface area is 197 Å². The summed E-state index contributed by atoms with van der Waals surface area (Å²) in [6.45, 7) is 4.49. The molecule has 2 aromatic heterocycles. The fraction of sp³-hybridized carbons (Fsp3) is 0.167. The number of benzene rings is 2. The van der Waals surface area contributed by atoms with Crippen LogP contribution >= 0.6 is 11.8 Å². The molecule has 2 heterocycles. The van der Waals surface area contributed by atoms with Crippen LogP contribution in [0.3, 0.4) is 0 Å². The lowest BCUT2D eigenvalue weighted by Crippen LogP contribution is -2.12. The Morgan fingerprint density at radius 1 is 1.06 bits per heavy atom. The van der Waals surface area contributed by atoms with E-state index in [0.717, 1.165) is 22.2 Å². The van der Waals surface area contributed by atoms with Crippen LogP contribution in [0.15, 0.2) is 83.1 Å². The number of hydrogen-bond acceptors (Lipinski definition) is 5. The van der Waals surface area contributed by atoms with Gasteiger partial charge in [0.2, 0.25) is 10.0 Å². The molecule has 0 aliphatic rings. The smallest absolute Gasteiger partial charge is 0.238 e. The number of sulfonamides is 1. The van der Waals surface area contributed by atoms with Crippen molar-refractivity contribution in [2.45, 2.75) is 30.4 Å². The van der Waals surface area contributed by atoms with Crippen LogP contribution in [0.25, 0.3) is 5.69 Å². The molecule has 0 bridgehead atoms. The summed E-state index contributed by atoms with van der Waals surface area (Å²) in [5.41, 5.74) is 4.25. The van der Waals surface area contributed by atoms with Crippen molar-refractivity contribution in [2.75, 3.05) is 5.75 Å². The van der Waals surface area contributed by atoms with Gasteiger partial charge in [-0.3, -0.25) is 4.79 Å². The maximum Gasteiger partial charge on any atom is 0.238 e. The third kappa shape index (κ3) is 5.11. The number of Topliss-reactive ketones (excluding diaryl/α,β-unsaturated/α-hetero) is 1. The number of carbonyl (C=O) groups is 1. The minimum atomic E-state index is -3.76. The van der Waals surface area contributed by atoms with Gasteiger partial charge in [-0.05, 0) is 49.7 Å². The van der Waals surface area contributed by atoms with Crippen LogP contribution in [-0.2, 0) is 16.6 Å². The summed E-state index contributed by atoms with van der Waals surface area (Å²) in [6.07, 6.45) is 3.66. The molecule has 0 spiro atoms. The van der Waals surface area contributed by atoms with Crippen molar-refractivity contribution in [1.82, 2.24) is 14.1 Å². The number of aryl methyl sites for hydroxylation is 1. The van der Waals surface area contributed by atoms with E-state index in [9.17, 15) is 13.2 Å². The van der Waals surface area contributed by atoms with Gasteiger partial charge in [-0.2, -0.15) is 0 Å². The van der Waals surface area contributed by atoms with Crippen LogP contribution < -0.4 is 5.14 Å². The molecule has 33 heavy (non-hydrogen) atoms. The van der Waals surface area contributed by atoms with Gasteiger partial charge in [0.1, 0.15) is 0 Å². The number of imidazole rings is 1. The first-order valence-electron chi connectivity index (χ1n) is 10.3. The highest BCUT2D eigenvalue weighted by Gasteiger charge is 2.18. The van der Waals surface area contributed by atoms with E-state index in [1.165, 1.54) is 29.5 Å². The van der Waals surface area contributed by atoms with E-state index in [0.29, 0.717) is 12.1 Å². The maximum atomic E-state index is 13.0. The standard InChI is InChI=1S/C24H24N4O3S2/c1-17-14-22(18(2)28(17)20-8-10-21(11-9-20)33(25,30)31)23(29)16-32-24-26-12-13-27(24)15-19-6-4-3-5-7-19/h3-14H,15-16H2,1-2H3,(H2,25,30,31). The Balaban J connectivity index is 1.50. The molecule has 4 rings (SSSR count). The Hall–Kier alpha value is -3.14. The van der Waals surface area contributed by atoms with E-state index in [1.54, 1.807) is 18.3 Å². The van der Waals surface area contributed by atoms with Gasteiger partial charge in [0, 0.05) is 41.6 Å². The zero-order valence-corrected chi connectivity index (χ0v) is 19.9. The Morgan fingerprint density at radius 3 is 2.42 bits per heavy atom. The SMILES string of the molecule is Cc1cc(C(=O)CSc2nccn2Cc2ccccc2)c(C)n1-c1ccc(S(N)(=O)=O)cc1. The van der Waals surface area contributed by atoms with Crippen molar-refractivity contribution in [2.24, 2.45) is 5.14 Å². The van der Waals surface area contributed by atoms with Crippen molar-refractivity contribution in [3.05, 3.63) is 95.6 Å². The first-order chi connectivity index (χ1) is 15.7. The van der Waals surface area contributed by atoms with Gasteiger partial charge >= 0.3 is 0 Å². The zero-order valence-electron chi connectivity index (χ0n) is 18.3. The van der Waals surface area contributed by atoms with Crippen molar-refractivity contribution < 1.29 is 13.2 Å². The van der Waals surface area contributed by atoms with E-state index < -0.39 is 10.0 Å². The Bertz CT molecular complexity index is 1390. The third-order valence-electron chi connectivity index (χ3n) is 5.36. The van der Waals surface area contributed by atoms with Crippen molar-refractivity contribution in [1.29, 1.82) is 0 Å². The monoisotopic (exact) mass is 480 g/mol. The number of hydrogen-bond donors (Lipinski definition) is 1. The fourth-order valence-corrected chi connectivity index (χ4v) is 5.13. The molecule has 0 saturated carbocycles. The van der Waals surface area contributed by atoms with Crippen LogP contribution in [0.1, 0.15) is 27.3 Å². The van der Waals surface area contributed by atoms with Crippen LogP contribution in [0, 0.1) is 13.8 Å². The highest BCUT2D eigenvalue weighted by molar-refractivity contribution is 7.99. The lowest BCUT2D eigenvalue weighted by Gasteiger charge is -2.11. The van der Waals surface area contributed by atoms with E-state index in [4.69, 9.17) is 5.14 Å². The van der Waals surface area contributed by atoms with Crippen molar-refractivity contribution >= 4 is 27.6 Å². The minimum absolute atomic E-state index is 0.00904. The molecular weight excluding hydrogens is 456 g/mol. The molecule has 0 atom stereocenters. The molecule has 4 aromatic rings. The zero-order chi connectivity index (χ0) is 23.6. The number of carbonyl (C=O) groups excluding carboxylic acids is 1. The molecule has 2 N–H and O–H groups in total. The van der Waals surface area contributed by atoms with Gasteiger partial charge in [0.25, 0.3) is 0 Å². The van der Waals surface area contributed by atoms with Gasteiger partial charge < -0.3 is 9.13 Å². The summed E-state index contributed by atoms with van der Waals surface area (Å²) < 4.78 is 27.0. The van der Waals surface area contributed by atoms with Crippen LogP contribution in [-0.4, -0.2) is 34.1 Å². The normalized spacial score (nSPS) is 11.6. The van der Waals surface area contributed by atoms with Crippen LogP contribution in [0.2, 0.25) is 0 Å². The first-order valence-corrected chi connectivity index (χ1v) is 12.8. The van der Waals surface area contributed by atoms with Gasteiger partial charge in [-0.15, -0.1) is 0 Å². The molecule has 0 saturated heterocycles. The molecule has 0 radical (unpaired) electrons. The topological polar surface area (TPSA) is 100.0 Å². The average molecular weight is 481 g/mol. The molecule has 0 unspecified atom stereocenters. The summed E-state index contributed by atoms with van der Waals surface area (Å²) in [7, 11) is -3.76. The quantitative estimate of drug-likeness (QED) is 0.304. The maximum absolute atomic E-state index is 13.0. The largest absolute Gasteiger partial charge is 0.322 e. The summed E-state index contributed by atoms with van der Waals surface area (Å²) >= 11 is 1.41. The molecular formula is C24H24N4O3S2. The number of nitrogens with zero attached hydrogens (tertiary/aromatic N) is 3. The highest BCUT2D eigenvalue weighted by Crippen LogP contribution is 2.25. The van der Waals surface area contributed by atoms with E-state index in [-0.39, 0.29) is 16.4 Å². The molecule has 9 heteroatoms. The van der Waals surface area contributed by atoms with Gasteiger partial charge in [0.05, 0.1) is 10.6 Å². The number of nitrogens with two attached hydrogens (primary N) is 1. The number of rotatable bonds is 8. The molecule has 170 valence electrons. The molecule has 2 aromatic carbocycles. The van der Waals surface area contributed by atoms with Crippen LogP contribution in [0.4, 0.5) is 0 Å². The predicted molar refractivity (Wildman–Crippen MR) is 129 cm³/mol. The van der Waals surface area contributed by atoms with E-state index in [2.05, 4.69) is 17.1 Å². The second-order valence-corrected chi connectivity index (χ2v) is 10.2. The lowest BCUT2D eigenvalue weighted by molar-refractivity contribution is 0.102. The molecule has 0 aliphatic carbocycles. The van der Waals surface area contributed by atoms with E-state index in [1.807, 2.05) is 53.4 Å². The summed E-state index contributed by atoms with van der Waals surface area (Å²) in [4.78, 5) is 17.5. The summed E-state index contributed by atoms with van der Waals surface area (Å²) in [6, 6.07) is 18.3. The fourth-order valence-electron chi connectivity index (χ4n) is 3.77. The van der Waals surface area contributed by atoms with Crippen LogP contribution in [0.5, 0.6) is 0 Å². The lowest BCUT2D eigenvalue weighted by atomic mass is 10.2. The highest BCUT2D eigenvalue weighted by atomic mass is 32.2. The summed E-state index contributed by atoms with van der Waals surface area (Å²) in [5.74, 6) is 0.273. The average Bonchev–Trinajstić information content (AvgIpc) is 3.35. The molecule has 0 fully saturated rings. The third-order valence-corrected chi connectivity index (χ3v) is 7.29. The van der Waals surface area contributed by atoms with Gasteiger partial charge in [0.15, 0.2) is 10.9 Å². The number of ketones is 1. The Kier molecular flexibility index (Phi) is 6.55. The molecule has 0 amide bonds. The minimum Gasteiger partial charge on any atom is -0.322 e. The summed E-state index contributed by atoms with van der Waals surface area (Å²) in [5, 5.41) is 5.98. The van der Waals surface area contributed by atoms with Gasteiger partial charge in [-0.1, -0.05) is 42.1 Å². The second-order valence-electron chi connectivity index (χ2n) is 7.69. The molecule has 7 nitrogen and oxygen atoms in total. The molecule has 0 aliphatic heterocycles. The van der Waals surface area contributed by atoms with E-state index >= 15 is 0 Å². The van der Waals surface area contributed by atoms with Crippen molar-refractivity contribution in [3.8, 4) is 5.69 Å². The predicted octanol–water partition coefficient (Wildman–Crippen LogP) is 3.96. The Morgan fingerprint density at radius 2 is 1.76 bits per heavy atom. The van der Waals surface area contributed by atoms with Crippen molar-refractivity contribution in [3.63, 3.8) is 0 Å². The number of primary sulfonamides is 1. The number of thioether (sulfide) groups is 1. The first kappa shape index (κ1) is 23.0. The van der Waals surface area contributed by atoms with Gasteiger partial charge in [-0.25, -0.2) is 18.5 Å². The second kappa shape index (κ2) is 9.38. The number of aromatic nitrogens is 3.